The first-order chi connectivity index (χ1) is 14.0. The Labute approximate surface area is 181 Å². The van der Waals surface area contributed by atoms with Gasteiger partial charge in [-0.1, -0.05) is 65.3 Å². The predicted octanol–water partition coefficient (Wildman–Crippen LogP) is 5.53. The number of allylic oxidation sites excluding steroid dienone is 2. The fourth-order valence-electron chi connectivity index (χ4n) is 8.42. The van der Waals surface area contributed by atoms with Gasteiger partial charge in [0.1, 0.15) is 0 Å². The van der Waals surface area contributed by atoms with Crippen molar-refractivity contribution >= 4 is 12.7 Å². The molecule has 0 amide bonds. The Bertz CT molecular complexity index is 1070. The molecular formula is C28H38O2. The minimum absolute atomic E-state index is 0.0366. The van der Waals surface area contributed by atoms with E-state index in [1.807, 2.05) is 6.07 Å². The molecule has 1 aromatic rings. The molecule has 0 aliphatic heterocycles. The molecular weight excluding hydrogens is 368 g/mol. The Morgan fingerprint density at radius 3 is 2.43 bits per heavy atom. The van der Waals surface area contributed by atoms with Crippen molar-refractivity contribution in [3.63, 3.8) is 0 Å². The number of phenolic OH excluding ortho intramolecular Hbond substituents is 2. The van der Waals surface area contributed by atoms with E-state index in [0.29, 0.717) is 16.0 Å². The molecule has 0 radical (unpaired) electrons. The van der Waals surface area contributed by atoms with Crippen molar-refractivity contribution in [1.82, 2.24) is 0 Å². The van der Waals surface area contributed by atoms with Crippen molar-refractivity contribution in [3.8, 4) is 11.5 Å². The minimum atomic E-state index is -0.107. The van der Waals surface area contributed by atoms with Crippen molar-refractivity contribution in [2.75, 3.05) is 0 Å². The smallest absolute Gasteiger partial charge is 0.164 e. The fourth-order valence-corrected chi connectivity index (χ4v) is 8.42. The van der Waals surface area contributed by atoms with E-state index >= 15 is 0 Å². The van der Waals surface area contributed by atoms with Crippen LogP contribution in [0, 0.1) is 28.1 Å². The van der Waals surface area contributed by atoms with Crippen LogP contribution in [0.5, 0.6) is 11.5 Å². The lowest BCUT2D eigenvalue weighted by molar-refractivity contribution is -0.145. The van der Waals surface area contributed by atoms with Gasteiger partial charge in [0.15, 0.2) is 11.5 Å². The van der Waals surface area contributed by atoms with E-state index in [0.717, 1.165) is 29.0 Å². The second-order valence-corrected chi connectivity index (χ2v) is 12.1. The Morgan fingerprint density at radius 2 is 1.70 bits per heavy atom. The van der Waals surface area contributed by atoms with Crippen LogP contribution in [0.15, 0.2) is 17.7 Å². The number of benzene rings is 1. The molecule has 0 aromatic heterocycles. The molecule has 1 aromatic carbocycles. The molecule has 0 saturated heterocycles. The highest BCUT2D eigenvalue weighted by Crippen LogP contribution is 2.73. The molecule has 6 atom stereocenters. The van der Waals surface area contributed by atoms with Crippen molar-refractivity contribution in [2.24, 2.45) is 28.1 Å². The summed E-state index contributed by atoms with van der Waals surface area (Å²) in [7, 11) is 0. The highest BCUT2D eigenvalue weighted by Gasteiger charge is 2.65. The summed E-state index contributed by atoms with van der Waals surface area (Å²) in [4.78, 5) is 0. The first-order valence-electron chi connectivity index (χ1n) is 11.9. The van der Waals surface area contributed by atoms with E-state index in [2.05, 4.69) is 53.3 Å². The normalized spacial score (nSPS) is 44.6. The molecule has 4 aliphatic carbocycles. The molecule has 2 N–H and O–H groups in total. The van der Waals surface area contributed by atoms with Gasteiger partial charge in [-0.2, -0.15) is 0 Å². The summed E-state index contributed by atoms with van der Waals surface area (Å²) in [6.07, 6.45) is 13.5. The number of phenols is 2. The number of hydrogen-bond acceptors (Lipinski definition) is 2. The van der Waals surface area contributed by atoms with Gasteiger partial charge in [0, 0.05) is 10.6 Å². The fraction of sp³-hybridized carbons (Fsp3) is 0.643. The molecule has 3 fully saturated rings. The van der Waals surface area contributed by atoms with E-state index in [9.17, 15) is 10.2 Å². The Morgan fingerprint density at radius 1 is 0.967 bits per heavy atom. The molecule has 4 aliphatic rings. The summed E-state index contributed by atoms with van der Waals surface area (Å²) in [5.41, 5.74) is 3.52. The van der Waals surface area contributed by atoms with Crippen LogP contribution in [0.1, 0.15) is 85.1 Å². The maximum atomic E-state index is 10.4. The van der Waals surface area contributed by atoms with Crippen LogP contribution < -0.4 is 10.4 Å². The average molecular weight is 407 g/mol. The summed E-state index contributed by atoms with van der Waals surface area (Å²) in [6.45, 7) is 16.6. The van der Waals surface area contributed by atoms with Crippen LogP contribution in [-0.2, 0) is 5.41 Å². The van der Waals surface area contributed by atoms with E-state index < -0.39 is 0 Å². The molecule has 162 valence electrons. The van der Waals surface area contributed by atoms with E-state index in [1.165, 1.54) is 38.5 Å². The predicted molar refractivity (Wildman–Crippen MR) is 124 cm³/mol. The second kappa shape index (κ2) is 5.96. The van der Waals surface area contributed by atoms with Gasteiger partial charge in [-0.25, -0.2) is 0 Å². The Kier molecular flexibility index (Phi) is 4.01. The number of fused-ring (bicyclic) bond motifs is 7. The first-order valence-corrected chi connectivity index (χ1v) is 11.9. The molecule has 0 bridgehead atoms. The second-order valence-electron chi connectivity index (χ2n) is 12.1. The molecule has 6 unspecified atom stereocenters. The first kappa shape index (κ1) is 20.2. The molecule has 2 nitrogen and oxygen atoms in total. The maximum Gasteiger partial charge on any atom is 0.164 e. The van der Waals surface area contributed by atoms with Gasteiger partial charge in [-0.15, -0.1) is 0 Å². The van der Waals surface area contributed by atoms with E-state index in [4.69, 9.17) is 0 Å². The highest BCUT2D eigenvalue weighted by molar-refractivity contribution is 5.61. The maximum absolute atomic E-state index is 10.4. The van der Waals surface area contributed by atoms with E-state index in [1.54, 1.807) is 5.57 Å². The highest BCUT2D eigenvalue weighted by atomic mass is 16.3. The van der Waals surface area contributed by atoms with Crippen LogP contribution in [-0.4, -0.2) is 10.2 Å². The molecule has 0 heterocycles. The molecule has 0 spiro atoms. The standard InChI is InChI=1S/C28H38O2/c1-17-9-10-25(3)11-13-27(5)22-8-7-19-18(2)24(30)21(29)16-20(19)26(22,4)12-14-28(27,6)23(25)15-17/h7-8,16-17,23,29-30H,2,9-15H2,1,3-6H3. The van der Waals surface area contributed by atoms with Crippen LogP contribution in [0.3, 0.4) is 0 Å². The van der Waals surface area contributed by atoms with Crippen molar-refractivity contribution in [3.05, 3.63) is 33.7 Å². The van der Waals surface area contributed by atoms with Crippen LogP contribution >= 0.6 is 0 Å². The lowest BCUT2D eigenvalue weighted by atomic mass is 9.35. The summed E-state index contributed by atoms with van der Waals surface area (Å²) >= 11 is 0. The summed E-state index contributed by atoms with van der Waals surface area (Å²) < 4.78 is 0. The van der Waals surface area contributed by atoms with Crippen LogP contribution in [0.25, 0.3) is 12.7 Å². The van der Waals surface area contributed by atoms with Gasteiger partial charge in [0.25, 0.3) is 0 Å². The summed E-state index contributed by atoms with van der Waals surface area (Å²) in [5.74, 6) is 1.49. The van der Waals surface area contributed by atoms with Gasteiger partial charge in [-0.05, 0) is 83.5 Å². The van der Waals surface area contributed by atoms with Gasteiger partial charge in [0.2, 0.25) is 0 Å². The average Bonchev–Trinajstić information content (AvgIpc) is 2.70. The zero-order valence-corrected chi connectivity index (χ0v) is 19.4. The Balaban J connectivity index is 1.70. The summed E-state index contributed by atoms with van der Waals surface area (Å²) in [6, 6.07) is 1.81. The Hall–Kier alpha value is -1.70. The topological polar surface area (TPSA) is 40.5 Å². The molecule has 30 heavy (non-hydrogen) atoms. The lowest BCUT2D eigenvalue weighted by Gasteiger charge is -2.69. The van der Waals surface area contributed by atoms with Crippen molar-refractivity contribution in [1.29, 1.82) is 0 Å². The number of aromatic hydroxyl groups is 2. The molecule has 2 heteroatoms. The third-order valence-electron chi connectivity index (χ3n) is 10.7. The lowest BCUT2D eigenvalue weighted by Crippen LogP contribution is -2.62. The quantitative estimate of drug-likeness (QED) is 0.556. The molecule has 3 saturated carbocycles. The minimum Gasteiger partial charge on any atom is -0.504 e. The number of hydrogen-bond donors (Lipinski definition) is 2. The molecule has 5 rings (SSSR count). The van der Waals surface area contributed by atoms with Gasteiger partial charge >= 0.3 is 0 Å². The SMILES string of the molecule is C=c1c(O)c(O)cc2c1=CC=C1C2(C)CCC2(C)C3CC(C)CCC3(C)CCC12C. The number of rotatable bonds is 0. The monoisotopic (exact) mass is 406 g/mol. The van der Waals surface area contributed by atoms with Crippen LogP contribution in [0.2, 0.25) is 0 Å². The van der Waals surface area contributed by atoms with Gasteiger partial charge < -0.3 is 10.2 Å². The van der Waals surface area contributed by atoms with E-state index in [-0.39, 0.29) is 22.3 Å². The zero-order chi connectivity index (χ0) is 21.7. The van der Waals surface area contributed by atoms with Crippen molar-refractivity contribution in [2.45, 2.75) is 85.0 Å². The third kappa shape index (κ3) is 2.26. The summed E-state index contributed by atoms with van der Waals surface area (Å²) in [5, 5.41) is 22.2. The van der Waals surface area contributed by atoms with Crippen molar-refractivity contribution < 1.29 is 10.2 Å². The van der Waals surface area contributed by atoms with Gasteiger partial charge in [-0.3, -0.25) is 0 Å². The van der Waals surface area contributed by atoms with Crippen LogP contribution in [0.4, 0.5) is 0 Å². The largest absolute Gasteiger partial charge is 0.504 e. The zero-order valence-electron chi connectivity index (χ0n) is 19.4. The van der Waals surface area contributed by atoms with Gasteiger partial charge in [0.05, 0.1) is 0 Å². The third-order valence-corrected chi connectivity index (χ3v) is 10.7.